The van der Waals surface area contributed by atoms with Crippen LogP contribution in [-0.4, -0.2) is 25.2 Å². The van der Waals surface area contributed by atoms with Gasteiger partial charge in [0.2, 0.25) is 5.91 Å². The Morgan fingerprint density at radius 3 is 2.73 bits per heavy atom. The summed E-state index contributed by atoms with van der Waals surface area (Å²) in [6, 6.07) is 7.47. The minimum Gasteiger partial charge on any atom is -0.493 e. The van der Waals surface area contributed by atoms with Crippen LogP contribution in [0.5, 0.6) is 11.5 Å². The van der Waals surface area contributed by atoms with Crippen LogP contribution in [-0.2, 0) is 11.2 Å². The van der Waals surface area contributed by atoms with E-state index in [1.807, 2.05) is 18.2 Å². The minimum atomic E-state index is -0.859. The molecule has 5 heteroatoms. The van der Waals surface area contributed by atoms with E-state index in [4.69, 9.17) is 21.2 Å². The van der Waals surface area contributed by atoms with E-state index < -0.39 is 5.54 Å². The number of nitrogens with one attached hydrogen (secondary N) is 1. The molecule has 0 aromatic heterocycles. The molecular weight excluding hydrogens is 280 g/mol. The number of benzene rings is 1. The van der Waals surface area contributed by atoms with E-state index in [2.05, 4.69) is 11.2 Å². The number of hydrogen-bond donors (Lipinski definition) is 1. The van der Waals surface area contributed by atoms with Crippen LogP contribution in [0, 0.1) is 23.7 Å². The SMILES string of the molecule is C#CCOc1ccc(CCC(=O)NC(C)(C)C#N)cc1OC. The first-order valence-corrected chi connectivity index (χ1v) is 6.87. The van der Waals surface area contributed by atoms with Crippen LogP contribution in [0.2, 0.25) is 0 Å². The average Bonchev–Trinajstić information content (AvgIpc) is 2.50. The molecule has 1 amide bonds. The van der Waals surface area contributed by atoms with Crippen LogP contribution < -0.4 is 14.8 Å². The van der Waals surface area contributed by atoms with Gasteiger partial charge in [0, 0.05) is 6.42 Å². The summed E-state index contributed by atoms with van der Waals surface area (Å²) in [5.41, 5.74) is 0.0802. The molecule has 0 aliphatic rings. The van der Waals surface area contributed by atoms with Crippen molar-refractivity contribution in [2.45, 2.75) is 32.2 Å². The van der Waals surface area contributed by atoms with E-state index in [1.165, 1.54) is 0 Å². The number of terminal acetylenes is 1. The van der Waals surface area contributed by atoms with Gasteiger partial charge >= 0.3 is 0 Å². The fourth-order valence-electron chi connectivity index (χ4n) is 1.80. The lowest BCUT2D eigenvalue weighted by molar-refractivity contribution is -0.122. The van der Waals surface area contributed by atoms with Gasteiger partial charge in [-0.15, -0.1) is 6.42 Å². The van der Waals surface area contributed by atoms with Gasteiger partial charge in [0.25, 0.3) is 0 Å². The molecule has 1 aromatic carbocycles. The van der Waals surface area contributed by atoms with Gasteiger partial charge in [-0.25, -0.2) is 0 Å². The Balaban J connectivity index is 2.66. The Morgan fingerprint density at radius 2 is 2.14 bits per heavy atom. The first-order valence-electron chi connectivity index (χ1n) is 6.87. The number of nitrogens with zero attached hydrogens (tertiary/aromatic N) is 1. The van der Waals surface area contributed by atoms with E-state index in [1.54, 1.807) is 27.0 Å². The average molecular weight is 300 g/mol. The Labute approximate surface area is 131 Å². The highest BCUT2D eigenvalue weighted by Crippen LogP contribution is 2.28. The van der Waals surface area contributed by atoms with Crippen molar-refractivity contribution in [3.05, 3.63) is 23.8 Å². The molecule has 1 aromatic rings. The third-order valence-electron chi connectivity index (χ3n) is 2.91. The molecular formula is C17H20N2O3. The Hall–Kier alpha value is -2.66. The van der Waals surface area contributed by atoms with Gasteiger partial charge < -0.3 is 14.8 Å². The van der Waals surface area contributed by atoms with Gasteiger partial charge in [-0.3, -0.25) is 4.79 Å². The van der Waals surface area contributed by atoms with Crippen LogP contribution in [0.1, 0.15) is 25.8 Å². The van der Waals surface area contributed by atoms with Crippen molar-refractivity contribution in [2.75, 3.05) is 13.7 Å². The zero-order chi connectivity index (χ0) is 16.6. The largest absolute Gasteiger partial charge is 0.493 e. The van der Waals surface area contributed by atoms with Crippen molar-refractivity contribution < 1.29 is 14.3 Å². The summed E-state index contributed by atoms with van der Waals surface area (Å²) < 4.78 is 10.6. The second-order valence-electron chi connectivity index (χ2n) is 5.26. The van der Waals surface area contributed by atoms with Crippen LogP contribution in [0.4, 0.5) is 0 Å². The lowest BCUT2D eigenvalue weighted by Gasteiger charge is -2.17. The van der Waals surface area contributed by atoms with E-state index in [-0.39, 0.29) is 12.5 Å². The van der Waals surface area contributed by atoms with Gasteiger partial charge in [-0.05, 0) is 38.0 Å². The predicted molar refractivity (Wildman–Crippen MR) is 83.5 cm³/mol. The van der Waals surface area contributed by atoms with Crippen molar-refractivity contribution in [1.29, 1.82) is 5.26 Å². The molecule has 0 spiro atoms. The van der Waals surface area contributed by atoms with E-state index >= 15 is 0 Å². The summed E-state index contributed by atoms with van der Waals surface area (Å²) in [5, 5.41) is 11.6. The fraction of sp³-hybridized carbons (Fsp3) is 0.412. The number of ether oxygens (including phenoxy) is 2. The van der Waals surface area contributed by atoms with Gasteiger partial charge in [-0.2, -0.15) is 5.26 Å². The number of hydrogen-bond acceptors (Lipinski definition) is 4. The van der Waals surface area contributed by atoms with E-state index in [0.717, 1.165) is 5.56 Å². The number of nitriles is 1. The third kappa shape index (κ3) is 5.38. The summed E-state index contributed by atoms with van der Waals surface area (Å²) in [5.74, 6) is 3.37. The van der Waals surface area contributed by atoms with E-state index in [9.17, 15) is 4.79 Å². The Bertz CT molecular complexity index is 609. The highest BCUT2D eigenvalue weighted by atomic mass is 16.5. The van der Waals surface area contributed by atoms with Crippen LogP contribution in [0.25, 0.3) is 0 Å². The lowest BCUT2D eigenvalue weighted by atomic mass is 10.1. The molecule has 0 bridgehead atoms. The number of carbonyl (C=O) groups is 1. The second kappa shape index (κ2) is 7.95. The quantitative estimate of drug-likeness (QED) is 0.782. The van der Waals surface area contributed by atoms with Gasteiger partial charge in [0.15, 0.2) is 11.5 Å². The highest BCUT2D eigenvalue weighted by molar-refractivity contribution is 5.77. The Morgan fingerprint density at radius 1 is 1.41 bits per heavy atom. The summed E-state index contributed by atoms with van der Waals surface area (Å²) in [4.78, 5) is 11.8. The van der Waals surface area contributed by atoms with Crippen LogP contribution in [0.3, 0.4) is 0 Å². The monoisotopic (exact) mass is 300 g/mol. The van der Waals surface area contributed by atoms with Crippen molar-refractivity contribution in [3.8, 4) is 29.9 Å². The molecule has 0 fully saturated rings. The molecule has 0 aliphatic carbocycles. The smallest absolute Gasteiger partial charge is 0.221 e. The lowest BCUT2D eigenvalue weighted by Crippen LogP contribution is -2.42. The van der Waals surface area contributed by atoms with Crippen molar-refractivity contribution in [1.82, 2.24) is 5.32 Å². The number of methoxy groups -OCH3 is 1. The van der Waals surface area contributed by atoms with Crippen LogP contribution >= 0.6 is 0 Å². The zero-order valence-electron chi connectivity index (χ0n) is 13.1. The number of amides is 1. The van der Waals surface area contributed by atoms with Crippen molar-refractivity contribution >= 4 is 5.91 Å². The summed E-state index contributed by atoms with van der Waals surface area (Å²) in [6.07, 6.45) is 5.99. The maximum atomic E-state index is 11.8. The molecule has 0 saturated heterocycles. The molecule has 116 valence electrons. The standard InChI is InChI=1S/C17H20N2O3/c1-5-10-22-14-8-6-13(11-15(14)21-4)7-9-16(20)19-17(2,3)12-18/h1,6,8,11H,7,9-10H2,2-4H3,(H,19,20). The molecule has 0 atom stereocenters. The third-order valence-corrected chi connectivity index (χ3v) is 2.91. The number of aryl methyl sites for hydroxylation is 1. The zero-order valence-corrected chi connectivity index (χ0v) is 13.1. The topological polar surface area (TPSA) is 71.3 Å². The van der Waals surface area contributed by atoms with Gasteiger partial charge in [0.1, 0.15) is 12.1 Å². The van der Waals surface area contributed by atoms with Gasteiger partial charge in [-0.1, -0.05) is 12.0 Å². The van der Waals surface area contributed by atoms with Crippen molar-refractivity contribution in [3.63, 3.8) is 0 Å². The number of carbonyl (C=O) groups excluding carboxylic acids is 1. The maximum absolute atomic E-state index is 11.8. The molecule has 0 radical (unpaired) electrons. The molecule has 22 heavy (non-hydrogen) atoms. The van der Waals surface area contributed by atoms with E-state index in [0.29, 0.717) is 24.3 Å². The molecule has 0 heterocycles. The highest BCUT2D eigenvalue weighted by Gasteiger charge is 2.19. The summed E-state index contributed by atoms with van der Waals surface area (Å²) in [6.45, 7) is 3.48. The first-order chi connectivity index (χ1) is 10.4. The Kier molecular flexibility index (Phi) is 6.28. The molecule has 1 N–H and O–H groups in total. The summed E-state index contributed by atoms with van der Waals surface area (Å²) in [7, 11) is 1.55. The first kappa shape index (κ1) is 17.4. The molecule has 1 rings (SSSR count). The van der Waals surface area contributed by atoms with Crippen LogP contribution in [0.15, 0.2) is 18.2 Å². The van der Waals surface area contributed by atoms with Crippen molar-refractivity contribution in [2.24, 2.45) is 0 Å². The minimum absolute atomic E-state index is 0.168. The maximum Gasteiger partial charge on any atom is 0.221 e. The number of rotatable bonds is 7. The second-order valence-corrected chi connectivity index (χ2v) is 5.26. The molecule has 0 aliphatic heterocycles. The molecule has 0 saturated carbocycles. The molecule has 0 unspecified atom stereocenters. The molecule has 5 nitrogen and oxygen atoms in total. The predicted octanol–water partition coefficient (Wildman–Crippen LogP) is 2.06. The normalized spacial score (nSPS) is 10.2. The van der Waals surface area contributed by atoms with Gasteiger partial charge in [0.05, 0.1) is 13.2 Å². The fourth-order valence-corrected chi connectivity index (χ4v) is 1.80. The summed E-state index contributed by atoms with van der Waals surface area (Å²) >= 11 is 0.